The van der Waals surface area contributed by atoms with Crippen LogP contribution >= 0.6 is 0 Å². The number of carbonyl (C=O) groups is 3. The molecule has 0 radical (unpaired) electrons. The maximum absolute atomic E-state index is 12.7. The summed E-state index contributed by atoms with van der Waals surface area (Å²) in [6, 6.07) is 5.43. The molecule has 4 N–H and O–H groups in total. The molecule has 25 heavy (non-hydrogen) atoms. The summed E-state index contributed by atoms with van der Waals surface area (Å²) in [5.41, 5.74) is 8.33. The average molecular weight is 344 g/mol. The van der Waals surface area contributed by atoms with Crippen molar-refractivity contribution < 1.29 is 14.4 Å². The number of imide groups is 1. The molecule has 1 saturated heterocycles. The van der Waals surface area contributed by atoms with Crippen molar-refractivity contribution in [1.29, 1.82) is 0 Å². The van der Waals surface area contributed by atoms with Gasteiger partial charge in [-0.05, 0) is 43.5 Å². The number of benzene rings is 1. The van der Waals surface area contributed by atoms with Gasteiger partial charge in [0.2, 0.25) is 11.8 Å². The van der Waals surface area contributed by atoms with Crippen LogP contribution in [0, 0.1) is 0 Å². The van der Waals surface area contributed by atoms with Gasteiger partial charge >= 0.3 is 0 Å². The van der Waals surface area contributed by atoms with Crippen molar-refractivity contribution in [2.24, 2.45) is 5.73 Å². The zero-order valence-electron chi connectivity index (χ0n) is 14.4. The Bertz CT molecular complexity index is 702. The van der Waals surface area contributed by atoms with E-state index in [2.05, 4.69) is 10.6 Å². The molecule has 0 saturated carbocycles. The quantitative estimate of drug-likeness (QED) is 0.508. The third kappa shape index (κ3) is 3.88. The van der Waals surface area contributed by atoms with E-state index in [1.807, 2.05) is 25.1 Å². The van der Waals surface area contributed by atoms with Gasteiger partial charge in [-0.3, -0.25) is 19.7 Å². The van der Waals surface area contributed by atoms with Crippen molar-refractivity contribution in [3.8, 4) is 0 Å². The Hall–Kier alpha value is -2.25. The highest BCUT2D eigenvalue weighted by atomic mass is 16.2. The minimum Gasteiger partial charge on any atom is -0.328 e. The minimum atomic E-state index is -0.565. The number of amides is 3. The molecule has 3 rings (SSSR count). The lowest BCUT2D eigenvalue weighted by molar-refractivity contribution is -0.136. The third-order valence-electron chi connectivity index (χ3n) is 4.70. The fourth-order valence-electron chi connectivity index (χ4n) is 3.27. The van der Waals surface area contributed by atoms with Crippen molar-refractivity contribution in [3.63, 3.8) is 0 Å². The number of hydrogen-bond acceptors (Lipinski definition) is 5. The highest BCUT2D eigenvalue weighted by Crippen LogP contribution is 2.28. The molecule has 2 aliphatic heterocycles. The van der Waals surface area contributed by atoms with Gasteiger partial charge < -0.3 is 16.0 Å². The number of piperidine rings is 1. The Labute approximate surface area is 146 Å². The van der Waals surface area contributed by atoms with E-state index in [1.54, 1.807) is 4.90 Å². The van der Waals surface area contributed by atoms with E-state index in [-0.39, 0.29) is 30.2 Å². The Morgan fingerprint density at radius 3 is 2.88 bits per heavy atom. The number of nitrogens with two attached hydrogens (primary N) is 1. The predicted molar refractivity (Wildman–Crippen MR) is 92.5 cm³/mol. The first-order valence-corrected chi connectivity index (χ1v) is 8.68. The molecular weight excluding hydrogens is 320 g/mol. The fraction of sp³-hybridized carbons (Fsp3) is 0.500. The van der Waals surface area contributed by atoms with Crippen LogP contribution in [0.25, 0.3) is 0 Å². The van der Waals surface area contributed by atoms with Gasteiger partial charge in [0.05, 0.1) is 0 Å². The highest BCUT2D eigenvalue weighted by Gasteiger charge is 2.38. The third-order valence-corrected chi connectivity index (χ3v) is 4.70. The highest BCUT2D eigenvalue weighted by molar-refractivity contribution is 6.05. The van der Waals surface area contributed by atoms with Crippen LogP contribution in [0.5, 0.6) is 0 Å². The van der Waals surface area contributed by atoms with Crippen LogP contribution in [0.4, 0.5) is 0 Å². The zero-order chi connectivity index (χ0) is 18.0. The lowest BCUT2D eigenvalue weighted by atomic mass is 10.0. The average Bonchev–Trinajstić information content (AvgIpc) is 2.88. The first kappa shape index (κ1) is 17.6. The first-order valence-electron chi connectivity index (χ1n) is 8.68. The number of fused-ring (bicyclic) bond motifs is 1. The SMILES string of the molecule is C[C@H](N)CCNCc1ccc2c(c1)C(=O)N(C1CCC(=O)NC1=O)C2. The Morgan fingerprint density at radius 2 is 2.16 bits per heavy atom. The lowest BCUT2D eigenvalue weighted by Gasteiger charge is -2.29. The normalized spacial score (nSPS) is 21.3. The number of rotatable bonds is 6. The predicted octanol–water partition coefficient (Wildman–Crippen LogP) is 0.275. The summed E-state index contributed by atoms with van der Waals surface area (Å²) in [4.78, 5) is 37.6. The summed E-state index contributed by atoms with van der Waals surface area (Å²) in [6.45, 7) is 3.88. The first-order chi connectivity index (χ1) is 12.0. The van der Waals surface area contributed by atoms with Crippen LogP contribution in [-0.4, -0.2) is 41.2 Å². The molecule has 2 atom stereocenters. The van der Waals surface area contributed by atoms with E-state index in [0.29, 0.717) is 25.1 Å². The second kappa shape index (κ2) is 7.33. The standard InChI is InChI=1S/C18H24N4O3/c1-11(19)6-7-20-9-12-2-3-13-10-22(18(25)14(13)8-12)15-4-5-16(23)21-17(15)24/h2-3,8,11,15,20H,4-7,9-10,19H2,1H3,(H,21,23,24)/t11-,15?/m0/s1. The summed E-state index contributed by atoms with van der Waals surface area (Å²) in [5.74, 6) is -0.789. The number of hydrogen-bond donors (Lipinski definition) is 3. The Balaban J connectivity index is 1.65. The molecule has 3 amide bonds. The van der Waals surface area contributed by atoms with Gasteiger partial charge in [-0.2, -0.15) is 0 Å². The molecule has 0 aromatic heterocycles. The molecule has 7 heteroatoms. The van der Waals surface area contributed by atoms with Gasteiger partial charge in [-0.1, -0.05) is 12.1 Å². The molecule has 0 spiro atoms. The smallest absolute Gasteiger partial charge is 0.255 e. The van der Waals surface area contributed by atoms with E-state index in [4.69, 9.17) is 5.73 Å². The second-order valence-electron chi connectivity index (χ2n) is 6.83. The molecule has 1 fully saturated rings. The van der Waals surface area contributed by atoms with Gasteiger partial charge in [-0.25, -0.2) is 0 Å². The monoisotopic (exact) mass is 344 g/mol. The maximum Gasteiger partial charge on any atom is 0.255 e. The molecule has 1 unspecified atom stereocenters. The molecule has 7 nitrogen and oxygen atoms in total. The van der Waals surface area contributed by atoms with Gasteiger partial charge in [0.25, 0.3) is 5.91 Å². The minimum absolute atomic E-state index is 0.137. The Kier molecular flexibility index (Phi) is 5.15. The fourth-order valence-corrected chi connectivity index (χ4v) is 3.27. The summed E-state index contributed by atoms with van der Waals surface area (Å²) in [5, 5.41) is 5.64. The van der Waals surface area contributed by atoms with Crippen molar-refractivity contribution in [2.75, 3.05) is 6.54 Å². The van der Waals surface area contributed by atoms with Gasteiger partial charge in [0.1, 0.15) is 6.04 Å². The number of nitrogens with one attached hydrogen (secondary N) is 2. The van der Waals surface area contributed by atoms with Crippen molar-refractivity contribution in [1.82, 2.24) is 15.5 Å². The van der Waals surface area contributed by atoms with Crippen molar-refractivity contribution in [3.05, 3.63) is 34.9 Å². The topological polar surface area (TPSA) is 105 Å². The number of carbonyl (C=O) groups excluding carboxylic acids is 3. The molecule has 2 heterocycles. The van der Waals surface area contributed by atoms with Crippen LogP contribution in [0.1, 0.15) is 47.7 Å². The molecular formula is C18H24N4O3. The summed E-state index contributed by atoms with van der Waals surface area (Å²) in [7, 11) is 0. The largest absolute Gasteiger partial charge is 0.328 e. The van der Waals surface area contributed by atoms with Crippen LogP contribution in [0.3, 0.4) is 0 Å². The van der Waals surface area contributed by atoms with E-state index in [9.17, 15) is 14.4 Å². The van der Waals surface area contributed by atoms with E-state index in [0.717, 1.165) is 24.1 Å². The van der Waals surface area contributed by atoms with Crippen LogP contribution in [0.15, 0.2) is 18.2 Å². The summed E-state index contributed by atoms with van der Waals surface area (Å²) < 4.78 is 0. The molecule has 1 aromatic rings. The van der Waals surface area contributed by atoms with E-state index in [1.165, 1.54) is 0 Å². The van der Waals surface area contributed by atoms with Crippen LogP contribution in [-0.2, 0) is 22.7 Å². The second-order valence-corrected chi connectivity index (χ2v) is 6.83. The maximum atomic E-state index is 12.7. The zero-order valence-corrected chi connectivity index (χ0v) is 14.4. The molecule has 1 aromatic carbocycles. The van der Waals surface area contributed by atoms with Crippen LogP contribution < -0.4 is 16.4 Å². The van der Waals surface area contributed by atoms with Gasteiger partial charge in [0, 0.05) is 31.1 Å². The molecule has 0 aliphatic carbocycles. The van der Waals surface area contributed by atoms with Gasteiger partial charge in [0.15, 0.2) is 0 Å². The van der Waals surface area contributed by atoms with Gasteiger partial charge in [-0.15, -0.1) is 0 Å². The summed E-state index contributed by atoms with van der Waals surface area (Å²) >= 11 is 0. The molecule has 2 aliphatic rings. The Morgan fingerprint density at radius 1 is 1.36 bits per heavy atom. The van der Waals surface area contributed by atoms with E-state index >= 15 is 0 Å². The lowest BCUT2D eigenvalue weighted by Crippen LogP contribution is -2.52. The molecule has 134 valence electrons. The van der Waals surface area contributed by atoms with E-state index < -0.39 is 6.04 Å². The van der Waals surface area contributed by atoms with Crippen LogP contribution in [0.2, 0.25) is 0 Å². The van der Waals surface area contributed by atoms with Crippen molar-refractivity contribution >= 4 is 17.7 Å². The molecule has 0 bridgehead atoms. The summed E-state index contributed by atoms with van der Waals surface area (Å²) in [6.07, 6.45) is 1.55. The number of nitrogens with zero attached hydrogens (tertiary/aromatic N) is 1. The van der Waals surface area contributed by atoms with Crippen molar-refractivity contribution in [2.45, 2.75) is 51.4 Å².